The molecule has 2 bridgehead atoms. The van der Waals surface area contributed by atoms with Crippen LogP contribution in [0.15, 0.2) is 23.4 Å². The van der Waals surface area contributed by atoms with Gasteiger partial charge in [0.1, 0.15) is 7.11 Å². The fourth-order valence-electron chi connectivity index (χ4n) is 6.00. The van der Waals surface area contributed by atoms with Gasteiger partial charge in [-0.3, -0.25) is 14.6 Å². The Bertz CT molecular complexity index is 936. The van der Waals surface area contributed by atoms with Gasteiger partial charge in [-0.2, -0.15) is 11.5 Å². The molecule has 13 heteroatoms. The van der Waals surface area contributed by atoms with E-state index in [-0.39, 0.29) is 55.4 Å². The number of carbonyl (C=O) groups is 1. The molecule has 0 saturated carbocycles. The largest absolute Gasteiger partial charge is 5.00 e. The molecule has 2 saturated heterocycles. The maximum absolute atomic E-state index is 13.5. The fraction of sp³-hybridized carbons (Fsp3) is 0.692. The molecule has 218 valence electrons. The van der Waals surface area contributed by atoms with Gasteiger partial charge in [0.2, 0.25) is 5.91 Å². The van der Waals surface area contributed by atoms with Crippen molar-refractivity contribution >= 4 is 60.1 Å². The Labute approximate surface area is 267 Å². The van der Waals surface area contributed by atoms with Crippen LogP contribution in [0.1, 0.15) is 44.1 Å². The number of piperidine rings is 1. The Morgan fingerprint density at radius 3 is 2.59 bits per heavy atom. The maximum atomic E-state index is 13.5. The molecule has 5 atom stereocenters. The van der Waals surface area contributed by atoms with Crippen LogP contribution in [0.5, 0.6) is 0 Å². The smallest absolute Gasteiger partial charge is 2.00 e. The summed E-state index contributed by atoms with van der Waals surface area (Å²) in [6.07, 6.45) is 2.30. The van der Waals surface area contributed by atoms with E-state index >= 15 is 0 Å². The molecule has 2 aliphatic heterocycles. The predicted octanol–water partition coefficient (Wildman–Crippen LogP) is 2.46. The summed E-state index contributed by atoms with van der Waals surface area (Å²) < 4.78 is 0. The molecule has 2 fully saturated rings. The summed E-state index contributed by atoms with van der Waals surface area (Å²) in [6.45, 7) is 5.07. The van der Waals surface area contributed by atoms with Gasteiger partial charge >= 0.3 is 20.1 Å². The quantitative estimate of drug-likeness (QED) is 0.180. The van der Waals surface area contributed by atoms with Crippen molar-refractivity contribution in [3.63, 3.8) is 0 Å². The number of benzene rings is 1. The maximum Gasteiger partial charge on any atom is 5.00 e. The molecule has 3 unspecified atom stereocenters. The summed E-state index contributed by atoms with van der Waals surface area (Å²) in [4.78, 5) is 21.9. The van der Waals surface area contributed by atoms with E-state index in [0.717, 1.165) is 37.2 Å². The van der Waals surface area contributed by atoms with Crippen LogP contribution in [-0.2, 0) is 60.5 Å². The average molecular weight is 703 g/mol. The third-order valence-corrected chi connectivity index (χ3v) is 8.61. The van der Waals surface area contributed by atoms with E-state index in [4.69, 9.17) is 53.3 Å². The third-order valence-electron chi connectivity index (χ3n) is 7.48. The Hall–Kier alpha value is -0.0706. The number of hydrogen-bond donors (Lipinski definition) is 1. The van der Waals surface area contributed by atoms with Gasteiger partial charge in [0.05, 0.1) is 22.3 Å². The molecule has 2 heterocycles. The second kappa shape index (κ2) is 18.5. The molecule has 1 amide bonds. The topological polar surface area (TPSA) is 109 Å². The minimum absolute atomic E-state index is 0. The molecule has 0 spiro atoms. The Balaban J connectivity index is 0.00000380. The molecule has 1 aromatic carbocycles. The second-order valence-electron chi connectivity index (χ2n) is 9.70. The summed E-state index contributed by atoms with van der Waals surface area (Å²) in [6, 6.07) is 5.78. The van der Waals surface area contributed by atoms with Crippen LogP contribution in [0, 0.1) is 5.92 Å². The van der Waals surface area contributed by atoms with E-state index in [1.54, 1.807) is 7.11 Å². The molecule has 1 aromatic rings. The van der Waals surface area contributed by atoms with E-state index in [2.05, 4.69) is 27.2 Å². The van der Waals surface area contributed by atoms with Crippen molar-refractivity contribution in [2.45, 2.75) is 56.7 Å². The van der Waals surface area contributed by atoms with Crippen LogP contribution in [0.25, 0.3) is 0 Å². The number of hydrogen-bond acceptors (Lipinski definition) is 8. The second-order valence-corrected chi connectivity index (χ2v) is 11.3. The number of oxime groups is 1. The zero-order chi connectivity index (χ0) is 26.9. The summed E-state index contributed by atoms with van der Waals surface area (Å²) in [5.41, 5.74) is 1.99. The molecule has 39 heavy (non-hydrogen) atoms. The number of carbonyl (C=O) groups excluding carboxylic acids is 1. The van der Waals surface area contributed by atoms with E-state index in [1.807, 2.05) is 18.2 Å². The first-order chi connectivity index (χ1) is 17.8. The van der Waals surface area contributed by atoms with Crippen LogP contribution < -0.4 is 10.4 Å². The molecular weight excluding hydrogens is 665 g/mol. The zero-order valence-corrected chi connectivity index (χ0v) is 27.3. The zero-order valence-electron chi connectivity index (χ0n) is 22.3. The molecule has 1 N–H and O–H groups in total. The van der Waals surface area contributed by atoms with Crippen LogP contribution >= 0.6 is 23.2 Å². The molecule has 0 aliphatic carbocycles. The number of amides is 1. The number of rotatable bonds is 14. The van der Waals surface area contributed by atoms with E-state index < -0.39 is 6.10 Å². The average Bonchev–Trinajstić information content (AvgIpc) is 3.08. The molecule has 0 radical (unpaired) electrons. The molecule has 2 aliphatic rings. The van der Waals surface area contributed by atoms with E-state index in [0.29, 0.717) is 54.0 Å². The third kappa shape index (κ3) is 9.73. The number of nitrogens with one attached hydrogen (secondary N) is 1. The SMILES string of the molecule is CC/C(=N\OC)[C@@H]1C2C([O-])CC(C[C@H]1c1ccc(Cl)c(Cl)c1)N2CCCN(CC[S-])CC(=O)NCC[S-].[98Tc+5].[O-2]. The van der Waals surface area contributed by atoms with E-state index in [1.165, 1.54) is 0 Å². The number of fused-ring (bicyclic) bond motifs is 2. The van der Waals surface area contributed by atoms with Gasteiger partial charge in [-0.05, 0) is 75.5 Å². The minimum atomic E-state index is -0.704. The van der Waals surface area contributed by atoms with Crippen LogP contribution in [-0.4, -0.2) is 90.9 Å². The van der Waals surface area contributed by atoms with Gasteiger partial charge < -0.3 is 46.0 Å². The van der Waals surface area contributed by atoms with Crippen molar-refractivity contribution in [1.29, 1.82) is 0 Å². The number of nitrogens with zero attached hydrogens (tertiary/aromatic N) is 3. The predicted molar refractivity (Wildman–Crippen MR) is 154 cm³/mol. The van der Waals surface area contributed by atoms with Crippen molar-refractivity contribution in [3.8, 4) is 0 Å². The Morgan fingerprint density at radius 2 is 1.97 bits per heavy atom. The van der Waals surface area contributed by atoms with Crippen molar-refractivity contribution < 1.29 is 40.3 Å². The standard InChI is InChI=1S/C26H39Cl2N4O3S2.O.Tc/c1-3-22(30-35-2)25-19(17-5-6-20(27)21(28)13-17)14-18-15-23(33)26(25)32(18)9-4-8-31(10-12-37)16-24(34)29-7-11-36;;/h5-6,13,18-19,23,25-26,36-37H,3-4,7-12,14-16H2,1-2H3,(H,29,34);;/q-1;-2;+5/p-2/b30-22+;;/t18?,19-,23?,25+,26?;;/m0../s1/i;;1+0. The molecule has 8 nitrogen and oxygen atoms in total. The molecule has 0 aromatic heterocycles. The number of halogens is 2. The monoisotopic (exact) mass is 701 g/mol. The summed E-state index contributed by atoms with van der Waals surface area (Å²) >= 11 is 22.7. The van der Waals surface area contributed by atoms with Gasteiger partial charge in [0.25, 0.3) is 0 Å². The van der Waals surface area contributed by atoms with Crippen molar-refractivity contribution in [2.75, 3.05) is 51.3 Å². The summed E-state index contributed by atoms with van der Waals surface area (Å²) in [5, 5.41) is 21.7. The van der Waals surface area contributed by atoms with Crippen molar-refractivity contribution in [2.24, 2.45) is 11.1 Å². The Morgan fingerprint density at radius 1 is 1.23 bits per heavy atom. The molecular formula is C26H37Cl2N4O4S2Tc. The first-order valence-electron chi connectivity index (χ1n) is 13.0. The summed E-state index contributed by atoms with van der Waals surface area (Å²) in [7, 11) is 1.55. The van der Waals surface area contributed by atoms with Crippen LogP contribution in [0.2, 0.25) is 10.0 Å². The van der Waals surface area contributed by atoms with E-state index in [9.17, 15) is 9.90 Å². The van der Waals surface area contributed by atoms with Crippen LogP contribution in [0.4, 0.5) is 0 Å². The normalized spacial score (nSPS) is 24.7. The first-order valence-corrected chi connectivity index (χ1v) is 14.9. The van der Waals surface area contributed by atoms with Crippen molar-refractivity contribution in [1.82, 2.24) is 15.1 Å². The van der Waals surface area contributed by atoms with Gasteiger partial charge in [-0.25, -0.2) is 0 Å². The van der Waals surface area contributed by atoms with Gasteiger partial charge in [0, 0.05) is 18.0 Å². The first kappa shape index (κ1) is 37.0. The summed E-state index contributed by atoms with van der Waals surface area (Å²) in [5.74, 6) is 1.07. The Kier molecular flexibility index (Phi) is 17.5. The van der Waals surface area contributed by atoms with Crippen LogP contribution in [0.3, 0.4) is 0 Å². The van der Waals surface area contributed by atoms with Gasteiger partial charge in [-0.15, -0.1) is 6.10 Å². The van der Waals surface area contributed by atoms with Gasteiger partial charge in [-0.1, -0.05) is 41.3 Å². The van der Waals surface area contributed by atoms with Crippen molar-refractivity contribution in [3.05, 3.63) is 33.8 Å². The molecule has 3 rings (SSSR count). The minimum Gasteiger partial charge on any atom is -2.00 e. The van der Waals surface area contributed by atoms with Gasteiger partial charge in [0.15, 0.2) is 0 Å². The fourth-order valence-corrected chi connectivity index (χ4v) is 6.66.